The Labute approximate surface area is 196 Å². The number of aryl methyl sites for hydroxylation is 1. The Balaban J connectivity index is 0.00000450. The maximum Gasteiger partial charge on any atom is 0.191 e. The van der Waals surface area contributed by atoms with Gasteiger partial charge in [0.05, 0.1) is 24.8 Å². The van der Waals surface area contributed by atoms with Crippen LogP contribution in [0.4, 0.5) is 0 Å². The van der Waals surface area contributed by atoms with E-state index in [0.29, 0.717) is 31.9 Å². The summed E-state index contributed by atoms with van der Waals surface area (Å²) in [6.07, 6.45) is 0.853. The Bertz CT molecular complexity index is 832. The smallest absolute Gasteiger partial charge is 0.191 e. The standard InChI is InChI=1S/C23H30N4O2.HI/c1-4-25-23(26-16-20-9-7-19(15-24)8-10-20)27-17-21-11-6-18(2)14-22(21)29-13-5-12-28-3;/h6-11,14H,4-5,12-13,16-17H2,1-3H3,(H2,25,26,27);1H. The van der Waals surface area contributed by atoms with E-state index in [0.717, 1.165) is 41.4 Å². The van der Waals surface area contributed by atoms with E-state index in [2.05, 4.69) is 46.8 Å². The fraction of sp³-hybridized carbons (Fsp3) is 0.391. The van der Waals surface area contributed by atoms with Crippen molar-refractivity contribution in [3.63, 3.8) is 0 Å². The van der Waals surface area contributed by atoms with Crippen molar-refractivity contribution in [3.8, 4) is 11.8 Å². The molecule has 30 heavy (non-hydrogen) atoms. The number of nitrogens with one attached hydrogen (secondary N) is 2. The zero-order chi connectivity index (χ0) is 20.9. The molecule has 0 atom stereocenters. The van der Waals surface area contributed by atoms with Gasteiger partial charge in [0.15, 0.2) is 5.96 Å². The van der Waals surface area contributed by atoms with Gasteiger partial charge in [0.1, 0.15) is 5.75 Å². The van der Waals surface area contributed by atoms with Crippen LogP contribution in [-0.4, -0.2) is 32.8 Å². The van der Waals surface area contributed by atoms with Crippen LogP contribution < -0.4 is 15.4 Å². The van der Waals surface area contributed by atoms with Crippen molar-refractivity contribution in [2.75, 3.05) is 26.9 Å². The first-order valence-electron chi connectivity index (χ1n) is 9.88. The van der Waals surface area contributed by atoms with Crippen molar-refractivity contribution < 1.29 is 9.47 Å². The number of ether oxygens (including phenoxy) is 2. The third kappa shape index (κ3) is 9.01. The molecule has 0 aliphatic carbocycles. The summed E-state index contributed by atoms with van der Waals surface area (Å²) in [4.78, 5) is 4.64. The highest BCUT2D eigenvalue weighted by atomic mass is 127. The largest absolute Gasteiger partial charge is 0.493 e. The number of hydrogen-bond donors (Lipinski definition) is 2. The summed E-state index contributed by atoms with van der Waals surface area (Å²) >= 11 is 0. The fourth-order valence-electron chi connectivity index (χ4n) is 2.70. The number of nitrogens with zero attached hydrogens (tertiary/aromatic N) is 2. The summed E-state index contributed by atoms with van der Waals surface area (Å²) in [5.74, 6) is 1.62. The van der Waals surface area contributed by atoms with Crippen LogP contribution in [-0.2, 0) is 17.8 Å². The topological polar surface area (TPSA) is 78.7 Å². The number of guanidine groups is 1. The molecule has 0 aliphatic heterocycles. The van der Waals surface area contributed by atoms with Crippen molar-refractivity contribution in [2.24, 2.45) is 4.99 Å². The minimum atomic E-state index is 0. The van der Waals surface area contributed by atoms with E-state index in [1.807, 2.05) is 31.2 Å². The molecule has 0 bridgehead atoms. The van der Waals surface area contributed by atoms with Gasteiger partial charge in [-0.2, -0.15) is 5.26 Å². The minimum absolute atomic E-state index is 0. The first-order valence-corrected chi connectivity index (χ1v) is 9.88. The predicted molar refractivity (Wildman–Crippen MR) is 131 cm³/mol. The number of halogens is 1. The molecule has 2 N–H and O–H groups in total. The highest BCUT2D eigenvalue weighted by molar-refractivity contribution is 14.0. The SMILES string of the molecule is CCNC(=NCc1ccc(C#N)cc1)NCc1ccc(C)cc1OCCCOC.I. The lowest BCUT2D eigenvalue weighted by molar-refractivity contribution is 0.172. The average molecular weight is 522 g/mol. The second-order valence-corrected chi connectivity index (χ2v) is 6.66. The zero-order valence-corrected chi connectivity index (χ0v) is 20.2. The van der Waals surface area contributed by atoms with E-state index in [-0.39, 0.29) is 24.0 Å². The molecule has 0 radical (unpaired) electrons. The van der Waals surface area contributed by atoms with Crippen LogP contribution in [0, 0.1) is 18.3 Å². The molecule has 0 saturated heterocycles. The Morgan fingerprint density at radius 2 is 1.87 bits per heavy atom. The number of rotatable bonds is 10. The van der Waals surface area contributed by atoms with Crippen molar-refractivity contribution in [3.05, 3.63) is 64.7 Å². The van der Waals surface area contributed by atoms with Crippen LogP contribution in [0.15, 0.2) is 47.5 Å². The second-order valence-electron chi connectivity index (χ2n) is 6.66. The lowest BCUT2D eigenvalue weighted by Crippen LogP contribution is -2.36. The summed E-state index contributed by atoms with van der Waals surface area (Å²) in [6.45, 7) is 7.32. The molecular weight excluding hydrogens is 491 g/mol. The van der Waals surface area contributed by atoms with Crippen LogP contribution in [0.1, 0.15) is 35.6 Å². The number of aliphatic imine (C=N–C) groups is 1. The average Bonchev–Trinajstić information content (AvgIpc) is 2.74. The van der Waals surface area contributed by atoms with Gasteiger partial charge in [-0.25, -0.2) is 4.99 Å². The molecule has 6 nitrogen and oxygen atoms in total. The van der Waals surface area contributed by atoms with Gasteiger partial charge in [-0.3, -0.25) is 0 Å². The first-order chi connectivity index (χ1) is 14.2. The van der Waals surface area contributed by atoms with E-state index in [1.54, 1.807) is 7.11 Å². The van der Waals surface area contributed by atoms with Crippen molar-refractivity contribution in [2.45, 2.75) is 33.4 Å². The van der Waals surface area contributed by atoms with E-state index >= 15 is 0 Å². The third-order valence-corrected chi connectivity index (χ3v) is 4.27. The zero-order valence-electron chi connectivity index (χ0n) is 17.9. The van der Waals surface area contributed by atoms with Gasteiger partial charge in [0.2, 0.25) is 0 Å². The number of nitriles is 1. The van der Waals surface area contributed by atoms with Crippen LogP contribution in [0.5, 0.6) is 5.75 Å². The fourth-order valence-corrected chi connectivity index (χ4v) is 2.70. The Morgan fingerprint density at radius 1 is 1.10 bits per heavy atom. The summed E-state index contributed by atoms with van der Waals surface area (Å²) in [7, 11) is 1.70. The van der Waals surface area contributed by atoms with E-state index in [9.17, 15) is 0 Å². The van der Waals surface area contributed by atoms with Crippen molar-refractivity contribution in [1.82, 2.24) is 10.6 Å². The molecule has 0 aliphatic rings. The van der Waals surface area contributed by atoms with E-state index in [1.165, 1.54) is 0 Å². The van der Waals surface area contributed by atoms with Gasteiger partial charge >= 0.3 is 0 Å². The van der Waals surface area contributed by atoms with Gasteiger partial charge in [0.25, 0.3) is 0 Å². The summed E-state index contributed by atoms with van der Waals surface area (Å²) in [5, 5.41) is 15.5. The lowest BCUT2D eigenvalue weighted by Gasteiger charge is -2.15. The normalized spacial score (nSPS) is 10.7. The first kappa shape index (κ1) is 25.7. The third-order valence-electron chi connectivity index (χ3n) is 4.27. The lowest BCUT2D eigenvalue weighted by atomic mass is 10.1. The number of methoxy groups -OCH3 is 1. The van der Waals surface area contributed by atoms with Gasteiger partial charge in [0, 0.05) is 38.8 Å². The summed E-state index contributed by atoms with van der Waals surface area (Å²) in [5.41, 5.74) is 3.95. The molecule has 0 heterocycles. The maximum atomic E-state index is 8.90. The van der Waals surface area contributed by atoms with Gasteiger partial charge in [-0.1, -0.05) is 24.3 Å². The Morgan fingerprint density at radius 3 is 2.53 bits per heavy atom. The molecule has 0 fully saturated rings. The van der Waals surface area contributed by atoms with E-state index < -0.39 is 0 Å². The molecule has 162 valence electrons. The minimum Gasteiger partial charge on any atom is -0.493 e. The van der Waals surface area contributed by atoms with Gasteiger partial charge < -0.3 is 20.1 Å². The highest BCUT2D eigenvalue weighted by Gasteiger charge is 2.06. The quantitative estimate of drug-likeness (QED) is 0.212. The molecule has 0 amide bonds. The molecular formula is C23H31IN4O2. The van der Waals surface area contributed by atoms with Crippen LogP contribution in [0.3, 0.4) is 0 Å². The van der Waals surface area contributed by atoms with Crippen LogP contribution in [0.2, 0.25) is 0 Å². The van der Waals surface area contributed by atoms with Crippen molar-refractivity contribution in [1.29, 1.82) is 5.26 Å². The molecule has 2 aromatic carbocycles. The number of hydrogen-bond acceptors (Lipinski definition) is 4. The molecule has 2 rings (SSSR count). The van der Waals surface area contributed by atoms with Crippen LogP contribution in [0.25, 0.3) is 0 Å². The molecule has 7 heteroatoms. The highest BCUT2D eigenvalue weighted by Crippen LogP contribution is 2.20. The molecule has 2 aromatic rings. The maximum absolute atomic E-state index is 8.90. The van der Waals surface area contributed by atoms with E-state index in [4.69, 9.17) is 14.7 Å². The molecule has 0 spiro atoms. The predicted octanol–water partition coefficient (Wildman–Crippen LogP) is 4.16. The van der Waals surface area contributed by atoms with Gasteiger partial charge in [-0.15, -0.1) is 24.0 Å². The van der Waals surface area contributed by atoms with Gasteiger partial charge in [-0.05, 0) is 43.2 Å². The summed E-state index contributed by atoms with van der Waals surface area (Å²) in [6, 6.07) is 15.8. The van der Waals surface area contributed by atoms with Crippen molar-refractivity contribution >= 4 is 29.9 Å². The van der Waals surface area contributed by atoms with Crippen LogP contribution >= 0.6 is 24.0 Å². The number of benzene rings is 2. The monoisotopic (exact) mass is 522 g/mol. The Hall–Kier alpha value is -2.31. The molecule has 0 unspecified atom stereocenters. The second kappa shape index (κ2) is 14.6. The molecule has 0 saturated carbocycles. The molecule has 0 aromatic heterocycles. The summed E-state index contributed by atoms with van der Waals surface area (Å²) < 4.78 is 11.0. The Kier molecular flexibility index (Phi) is 12.6.